The lowest BCUT2D eigenvalue weighted by atomic mass is 10.2. The molecule has 0 bridgehead atoms. The van der Waals surface area contributed by atoms with Gasteiger partial charge in [-0.2, -0.15) is 13.2 Å². The van der Waals surface area contributed by atoms with Crippen LogP contribution in [0.25, 0.3) is 0 Å². The highest BCUT2D eigenvalue weighted by Gasteiger charge is 2.30. The van der Waals surface area contributed by atoms with Gasteiger partial charge in [0.1, 0.15) is 11.5 Å². The summed E-state index contributed by atoms with van der Waals surface area (Å²) in [5.41, 5.74) is 0.241. The predicted molar refractivity (Wildman–Crippen MR) is 117 cm³/mol. The van der Waals surface area contributed by atoms with E-state index in [1.807, 2.05) is 0 Å². The SMILES string of the molecule is COc1cc(OC)cc(C(=O)NC(=NCc2cccnc2)Nc2cccc(C(F)(F)F)c2)c1. The molecule has 0 aliphatic carbocycles. The number of nitrogens with zero attached hydrogens (tertiary/aromatic N) is 2. The minimum Gasteiger partial charge on any atom is -0.497 e. The van der Waals surface area contributed by atoms with Crippen molar-refractivity contribution in [1.29, 1.82) is 0 Å². The van der Waals surface area contributed by atoms with E-state index in [-0.39, 0.29) is 23.8 Å². The van der Waals surface area contributed by atoms with Crippen LogP contribution in [0.5, 0.6) is 11.5 Å². The number of amides is 1. The van der Waals surface area contributed by atoms with E-state index in [1.165, 1.54) is 38.5 Å². The van der Waals surface area contributed by atoms with Gasteiger partial charge in [-0.15, -0.1) is 0 Å². The number of aromatic nitrogens is 1. The number of aliphatic imine (C=N–C) groups is 1. The molecule has 33 heavy (non-hydrogen) atoms. The molecule has 0 aliphatic rings. The van der Waals surface area contributed by atoms with Crippen molar-refractivity contribution in [3.63, 3.8) is 0 Å². The number of anilines is 1. The van der Waals surface area contributed by atoms with Crippen LogP contribution in [0.2, 0.25) is 0 Å². The topological polar surface area (TPSA) is 84.8 Å². The van der Waals surface area contributed by atoms with Crippen molar-refractivity contribution in [2.24, 2.45) is 4.99 Å². The van der Waals surface area contributed by atoms with Crippen molar-refractivity contribution < 1.29 is 27.4 Å². The third-order valence-electron chi connectivity index (χ3n) is 4.44. The first-order valence-corrected chi connectivity index (χ1v) is 9.70. The van der Waals surface area contributed by atoms with Crippen molar-refractivity contribution in [1.82, 2.24) is 10.3 Å². The van der Waals surface area contributed by atoms with Crippen molar-refractivity contribution >= 4 is 17.6 Å². The molecule has 0 radical (unpaired) electrons. The molecular formula is C23H21F3N4O3. The number of benzene rings is 2. The number of nitrogens with one attached hydrogen (secondary N) is 2. The van der Waals surface area contributed by atoms with Crippen molar-refractivity contribution in [3.8, 4) is 11.5 Å². The molecule has 1 aromatic heterocycles. The lowest BCUT2D eigenvalue weighted by molar-refractivity contribution is -0.137. The maximum atomic E-state index is 13.1. The highest BCUT2D eigenvalue weighted by Crippen LogP contribution is 2.30. The fourth-order valence-corrected chi connectivity index (χ4v) is 2.80. The van der Waals surface area contributed by atoms with E-state index in [9.17, 15) is 18.0 Å². The summed E-state index contributed by atoms with van der Waals surface area (Å²) >= 11 is 0. The van der Waals surface area contributed by atoms with E-state index in [0.717, 1.165) is 17.7 Å². The molecule has 7 nitrogen and oxygen atoms in total. The first-order chi connectivity index (χ1) is 15.8. The van der Waals surface area contributed by atoms with Crippen LogP contribution in [0.15, 0.2) is 72.0 Å². The summed E-state index contributed by atoms with van der Waals surface area (Å²) in [5.74, 6) is 0.208. The summed E-state index contributed by atoms with van der Waals surface area (Å²) in [6.45, 7) is 0.136. The van der Waals surface area contributed by atoms with Gasteiger partial charge < -0.3 is 14.8 Å². The maximum absolute atomic E-state index is 13.1. The van der Waals surface area contributed by atoms with E-state index in [2.05, 4.69) is 20.6 Å². The van der Waals surface area contributed by atoms with Crippen molar-refractivity contribution in [3.05, 3.63) is 83.7 Å². The van der Waals surface area contributed by atoms with Gasteiger partial charge in [0.05, 0.1) is 26.3 Å². The number of hydrogen-bond donors (Lipinski definition) is 2. The van der Waals surface area contributed by atoms with Gasteiger partial charge in [-0.25, -0.2) is 4.99 Å². The van der Waals surface area contributed by atoms with Gasteiger partial charge in [-0.1, -0.05) is 12.1 Å². The number of alkyl halides is 3. The Hall–Kier alpha value is -4.08. The Morgan fingerprint density at radius 1 is 1.03 bits per heavy atom. The van der Waals surface area contributed by atoms with E-state index in [0.29, 0.717) is 11.5 Å². The summed E-state index contributed by atoms with van der Waals surface area (Å²) in [6, 6.07) is 12.7. The number of hydrogen-bond acceptors (Lipinski definition) is 5. The Balaban J connectivity index is 1.88. The van der Waals surface area contributed by atoms with Crippen LogP contribution in [-0.4, -0.2) is 31.1 Å². The smallest absolute Gasteiger partial charge is 0.416 e. The number of halogens is 3. The summed E-state index contributed by atoms with van der Waals surface area (Å²) in [5, 5.41) is 5.35. The molecule has 0 fully saturated rings. The average molecular weight is 458 g/mol. The minimum absolute atomic E-state index is 0.0371. The lowest BCUT2D eigenvalue weighted by Gasteiger charge is -2.14. The van der Waals surface area contributed by atoms with Gasteiger partial charge in [0, 0.05) is 29.7 Å². The molecule has 0 unspecified atom stereocenters. The van der Waals surface area contributed by atoms with Gasteiger partial charge in [-0.05, 0) is 42.0 Å². The Morgan fingerprint density at radius 3 is 2.36 bits per heavy atom. The number of guanidine groups is 1. The third-order valence-corrected chi connectivity index (χ3v) is 4.44. The second-order valence-electron chi connectivity index (χ2n) is 6.79. The first-order valence-electron chi connectivity index (χ1n) is 9.70. The second-order valence-corrected chi connectivity index (χ2v) is 6.79. The number of carbonyl (C=O) groups is 1. The predicted octanol–water partition coefficient (Wildman–Crippen LogP) is 4.52. The van der Waals surface area contributed by atoms with Crippen LogP contribution < -0.4 is 20.1 Å². The number of carbonyl (C=O) groups excluding carboxylic acids is 1. The number of rotatable bonds is 6. The van der Waals surface area contributed by atoms with E-state index < -0.39 is 17.6 Å². The number of pyridine rings is 1. The Morgan fingerprint density at radius 2 is 1.76 bits per heavy atom. The van der Waals surface area contributed by atoms with Crippen LogP contribution >= 0.6 is 0 Å². The summed E-state index contributed by atoms with van der Waals surface area (Å²) in [7, 11) is 2.90. The molecule has 3 rings (SSSR count). The zero-order valence-electron chi connectivity index (χ0n) is 17.8. The molecule has 0 saturated heterocycles. The van der Waals surface area contributed by atoms with Crippen LogP contribution in [0.4, 0.5) is 18.9 Å². The van der Waals surface area contributed by atoms with E-state index >= 15 is 0 Å². The highest BCUT2D eigenvalue weighted by atomic mass is 19.4. The van der Waals surface area contributed by atoms with Gasteiger partial charge >= 0.3 is 6.18 Å². The number of methoxy groups -OCH3 is 2. The fraction of sp³-hybridized carbons (Fsp3) is 0.174. The van der Waals surface area contributed by atoms with Crippen LogP contribution in [0.3, 0.4) is 0 Å². The van der Waals surface area contributed by atoms with Crippen LogP contribution in [0.1, 0.15) is 21.5 Å². The molecule has 2 N–H and O–H groups in total. The quantitative estimate of drug-likeness (QED) is 0.419. The molecule has 0 aliphatic heterocycles. The van der Waals surface area contributed by atoms with Gasteiger partial charge in [0.2, 0.25) is 5.96 Å². The Labute approximate surface area is 188 Å². The molecule has 1 heterocycles. The van der Waals surface area contributed by atoms with Gasteiger partial charge in [-0.3, -0.25) is 15.1 Å². The molecule has 0 saturated carbocycles. The Kier molecular flexibility index (Phi) is 7.50. The minimum atomic E-state index is -4.51. The molecule has 0 spiro atoms. The summed E-state index contributed by atoms with van der Waals surface area (Å²) in [6.07, 6.45) is -1.31. The zero-order valence-corrected chi connectivity index (χ0v) is 17.8. The second kappa shape index (κ2) is 10.5. The fourth-order valence-electron chi connectivity index (χ4n) is 2.80. The summed E-state index contributed by atoms with van der Waals surface area (Å²) in [4.78, 5) is 21.2. The summed E-state index contributed by atoms with van der Waals surface area (Å²) < 4.78 is 49.6. The molecule has 0 atom stereocenters. The highest BCUT2D eigenvalue weighted by molar-refractivity contribution is 6.10. The largest absolute Gasteiger partial charge is 0.497 e. The normalized spacial score (nSPS) is 11.6. The molecule has 1 amide bonds. The van der Waals surface area contributed by atoms with Crippen molar-refractivity contribution in [2.75, 3.05) is 19.5 Å². The standard InChI is InChI=1S/C23H21F3N4O3/c1-32-19-9-16(10-20(12-19)33-2)21(31)30-22(28-14-15-5-4-8-27-13-15)29-18-7-3-6-17(11-18)23(24,25)26/h3-13H,14H2,1-2H3,(H2,28,29,30,31). The lowest BCUT2D eigenvalue weighted by Crippen LogP contribution is -2.36. The molecule has 172 valence electrons. The molecule has 2 aromatic carbocycles. The van der Waals surface area contributed by atoms with Crippen LogP contribution in [0, 0.1) is 0 Å². The molecule has 10 heteroatoms. The van der Waals surface area contributed by atoms with Crippen molar-refractivity contribution in [2.45, 2.75) is 12.7 Å². The first kappa shape index (κ1) is 23.6. The Bertz CT molecular complexity index is 1110. The van der Waals surface area contributed by atoms with Gasteiger partial charge in [0.15, 0.2) is 0 Å². The van der Waals surface area contributed by atoms with E-state index in [4.69, 9.17) is 9.47 Å². The van der Waals surface area contributed by atoms with E-state index in [1.54, 1.807) is 30.6 Å². The number of ether oxygens (including phenoxy) is 2. The average Bonchev–Trinajstić information content (AvgIpc) is 2.82. The van der Waals surface area contributed by atoms with Crippen LogP contribution in [-0.2, 0) is 12.7 Å². The zero-order chi connectivity index (χ0) is 23.8. The third kappa shape index (κ3) is 6.70. The van der Waals surface area contributed by atoms with Gasteiger partial charge in [0.25, 0.3) is 5.91 Å². The monoisotopic (exact) mass is 458 g/mol. The maximum Gasteiger partial charge on any atom is 0.416 e. The molecule has 3 aromatic rings. The molecular weight excluding hydrogens is 437 g/mol.